The summed E-state index contributed by atoms with van der Waals surface area (Å²) in [6.45, 7) is 2.16. The standard InChI is InChI=1S/C23H18FNO6/c1-2-9-31-21-14-6-4-3-5-13(14)20(28)18-19(21)23(30)25(22(18)29)16-8-7-12(10-15(16)24)11-17(26)27/h3-8,10,28H,2,9,11H2,1H3,(H,26,27). The molecule has 0 atom stereocenters. The fraction of sp³-hybridized carbons (Fsp3) is 0.174. The van der Waals surface area contributed by atoms with Gasteiger partial charge in [0, 0.05) is 10.8 Å². The van der Waals surface area contributed by atoms with E-state index in [9.17, 15) is 23.9 Å². The lowest BCUT2D eigenvalue weighted by Crippen LogP contribution is -2.30. The molecule has 0 bridgehead atoms. The molecule has 1 aliphatic heterocycles. The number of aliphatic carboxylic acids is 1. The Morgan fingerprint density at radius 3 is 2.39 bits per heavy atom. The molecule has 0 fully saturated rings. The molecule has 158 valence electrons. The zero-order valence-corrected chi connectivity index (χ0v) is 16.5. The van der Waals surface area contributed by atoms with Crippen molar-refractivity contribution in [2.24, 2.45) is 0 Å². The molecule has 1 heterocycles. The lowest BCUT2D eigenvalue weighted by Gasteiger charge is -2.15. The highest BCUT2D eigenvalue weighted by Gasteiger charge is 2.44. The summed E-state index contributed by atoms with van der Waals surface area (Å²) in [4.78, 5) is 37.9. The molecule has 0 radical (unpaired) electrons. The Bertz CT molecular complexity index is 1250. The van der Waals surface area contributed by atoms with Gasteiger partial charge in [-0.05, 0) is 24.1 Å². The summed E-state index contributed by atoms with van der Waals surface area (Å²) in [6.07, 6.45) is 0.246. The highest BCUT2D eigenvalue weighted by molar-refractivity contribution is 6.38. The number of nitrogens with zero attached hydrogens (tertiary/aromatic N) is 1. The molecule has 0 saturated carbocycles. The van der Waals surface area contributed by atoms with Gasteiger partial charge >= 0.3 is 5.97 Å². The van der Waals surface area contributed by atoms with Crippen LogP contribution in [0.3, 0.4) is 0 Å². The maximum atomic E-state index is 14.8. The molecule has 0 aliphatic carbocycles. The van der Waals surface area contributed by atoms with Crippen molar-refractivity contribution in [3.63, 3.8) is 0 Å². The fourth-order valence-electron chi connectivity index (χ4n) is 3.71. The van der Waals surface area contributed by atoms with Crippen molar-refractivity contribution in [2.75, 3.05) is 11.5 Å². The van der Waals surface area contributed by atoms with Gasteiger partial charge in [0.1, 0.15) is 17.3 Å². The first-order valence-electron chi connectivity index (χ1n) is 9.64. The lowest BCUT2D eigenvalue weighted by molar-refractivity contribution is -0.136. The van der Waals surface area contributed by atoms with Crippen LogP contribution in [-0.2, 0) is 11.2 Å². The highest BCUT2D eigenvalue weighted by Crippen LogP contribution is 2.45. The molecule has 31 heavy (non-hydrogen) atoms. The summed E-state index contributed by atoms with van der Waals surface area (Å²) in [5, 5.41) is 20.5. The SMILES string of the molecule is CCCOc1c2c(c(O)c3ccccc13)C(=O)N(c1ccc(CC(=O)O)cc1F)C2=O. The van der Waals surface area contributed by atoms with Crippen LogP contribution in [0, 0.1) is 5.82 Å². The number of carboxylic acids is 1. The van der Waals surface area contributed by atoms with E-state index in [1.54, 1.807) is 24.3 Å². The number of phenols is 1. The van der Waals surface area contributed by atoms with Crippen LogP contribution in [0.25, 0.3) is 10.8 Å². The summed E-state index contributed by atoms with van der Waals surface area (Å²) >= 11 is 0. The van der Waals surface area contributed by atoms with Gasteiger partial charge in [0.25, 0.3) is 11.8 Å². The molecule has 2 N–H and O–H groups in total. The molecular weight excluding hydrogens is 405 g/mol. The number of anilines is 1. The number of rotatable bonds is 6. The fourth-order valence-corrected chi connectivity index (χ4v) is 3.71. The number of carboxylic acid groups (broad SMARTS) is 1. The minimum atomic E-state index is -1.14. The maximum Gasteiger partial charge on any atom is 0.307 e. The molecule has 7 nitrogen and oxygen atoms in total. The van der Waals surface area contributed by atoms with E-state index in [2.05, 4.69) is 0 Å². The van der Waals surface area contributed by atoms with Crippen molar-refractivity contribution in [1.82, 2.24) is 0 Å². The van der Waals surface area contributed by atoms with E-state index < -0.39 is 30.0 Å². The first kappa shape index (κ1) is 20.3. The predicted molar refractivity (Wildman–Crippen MR) is 110 cm³/mol. The van der Waals surface area contributed by atoms with Crippen molar-refractivity contribution >= 4 is 34.2 Å². The molecule has 3 aromatic rings. The smallest absolute Gasteiger partial charge is 0.307 e. The number of aromatic hydroxyl groups is 1. The van der Waals surface area contributed by atoms with E-state index >= 15 is 0 Å². The minimum absolute atomic E-state index is 0.122. The van der Waals surface area contributed by atoms with Gasteiger partial charge in [-0.3, -0.25) is 14.4 Å². The summed E-state index contributed by atoms with van der Waals surface area (Å²) in [7, 11) is 0. The zero-order chi connectivity index (χ0) is 22.3. The maximum absolute atomic E-state index is 14.8. The van der Waals surface area contributed by atoms with Gasteiger partial charge in [-0.1, -0.05) is 37.3 Å². The second-order valence-corrected chi connectivity index (χ2v) is 7.12. The van der Waals surface area contributed by atoms with Crippen molar-refractivity contribution in [2.45, 2.75) is 19.8 Å². The first-order chi connectivity index (χ1) is 14.8. The lowest BCUT2D eigenvalue weighted by atomic mass is 9.99. The summed E-state index contributed by atoms with van der Waals surface area (Å²) in [6, 6.07) is 10.1. The van der Waals surface area contributed by atoms with E-state index in [1.165, 1.54) is 12.1 Å². The van der Waals surface area contributed by atoms with Crippen LogP contribution < -0.4 is 9.64 Å². The molecule has 3 aromatic carbocycles. The molecule has 8 heteroatoms. The first-order valence-corrected chi connectivity index (χ1v) is 9.64. The topological polar surface area (TPSA) is 104 Å². The Kier molecular flexibility index (Phi) is 5.06. The number of hydrogen-bond donors (Lipinski definition) is 2. The largest absolute Gasteiger partial charge is 0.506 e. The van der Waals surface area contributed by atoms with Crippen LogP contribution >= 0.6 is 0 Å². The molecule has 1 aliphatic rings. The number of imide groups is 1. The number of carbonyl (C=O) groups is 3. The van der Waals surface area contributed by atoms with Gasteiger partial charge in [-0.2, -0.15) is 0 Å². The highest BCUT2D eigenvalue weighted by atomic mass is 19.1. The second-order valence-electron chi connectivity index (χ2n) is 7.12. The average molecular weight is 423 g/mol. The number of amides is 2. The van der Waals surface area contributed by atoms with Crippen LogP contribution in [0.2, 0.25) is 0 Å². The Hall–Kier alpha value is -3.94. The normalized spacial score (nSPS) is 13.0. The number of benzene rings is 3. The van der Waals surface area contributed by atoms with Crippen LogP contribution in [0.1, 0.15) is 39.6 Å². The monoisotopic (exact) mass is 423 g/mol. The Morgan fingerprint density at radius 1 is 1.06 bits per heavy atom. The zero-order valence-electron chi connectivity index (χ0n) is 16.5. The van der Waals surface area contributed by atoms with Gasteiger partial charge in [0.2, 0.25) is 0 Å². The van der Waals surface area contributed by atoms with Crippen LogP contribution in [0.5, 0.6) is 11.5 Å². The van der Waals surface area contributed by atoms with Crippen LogP contribution in [-0.4, -0.2) is 34.6 Å². The molecule has 0 spiro atoms. The van der Waals surface area contributed by atoms with Gasteiger partial charge < -0.3 is 14.9 Å². The molecule has 0 unspecified atom stereocenters. The third-order valence-corrected chi connectivity index (χ3v) is 5.03. The molecular formula is C23H18FNO6. The van der Waals surface area contributed by atoms with E-state index in [0.717, 1.165) is 6.07 Å². The summed E-state index contributed by atoms with van der Waals surface area (Å²) < 4.78 is 20.6. The van der Waals surface area contributed by atoms with E-state index in [-0.39, 0.29) is 40.5 Å². The Labute approximate surface area is 176 Å². The van der Waals surface area contributed by atoms with Crippen molar-refractivity contribution < 1.29 is 33.7 Å². The van der Waals surface area contributed by atoms with Gasteiger partial charge in [0.05, 0.1) is 29.8 Å². The number of phenolic OH excluding ortho intramolecular Hbond substituents is 1. The number of carbonyl (C=O) groups excluding carboxylic acids is 2. The molecule has 4 rings (SSSR count). The number of hydrogen-bond acceptors (Lipinski definition) is 5. The second kappa shape index (κ2) is 7.71. The van der Waals surface area contributed by atoms with Crippen LogP contribution in [0.4, 0.5) is 10.1 Å². The quantitative estimate of drug-likeness (QED) is 0.583. The van der Waals surface area contributed by atoms with Gasteiger partial charge in [-0.25, -0.2) is 9.29 Å². The van der Waals surface area contributed by atoms with Crippen molar-refractivity contribution in [1.29, 1.82) is 0 Å². The number of ether oxygens (including phenoxy) is 1. The van der Waals surface area contributed by atoms with E-state index in [4.69, 9.17) is 9.84 Å². The van der Waals surface area contributed by atoms with Crippen molar-refractivity contribution in [3.8, 4) is 11.5 Å². The molecule has 2 amide bonds. The van der Waals surface area contributed by atoms with Crippen molar-refractivity contribution in [3.05, 3.63) is 65.0 Å². The van der Waals surface area contributed by atoms with Crippen LogP contribution in [0.15, 0.2) is 42.5 Å². The third kappa shape index (κ3) is 3.26. The number of halogens is 1. The van der Waals surface area contributed by atoms with Gasteiger partial charge in [-0.15, -0.1) is 0 Å². The van der Waals surface area contributed by atoms with E-state index in [0.29, 0.717) is 22.1 Å². The number of fused-ring (bicyclic) bond motifs is 2. The Balaban J connectivity index is 1.89. The minimum Gasteiger partial charge on any atom is -0.506 e. The Morgan fingerprint density at radius 2 is 1.74 bits per heavy atom. The predicted octanol–water partition coefficient (Wildman–Crippen LogP) is 3.90. The van der Waals surface area contributed by atoms with E-state index in [1.807, 2.05) is 6.92 Å². The average Bonchev–Trinajstić information content (AvgIpc) is 2.99. The van der Waals surface area contributed by atoms with Gasteiger partial charge in [0.15, 0.2) is 0 Å². The summed E-state index contributed by atoms with van der Waals surface area (Å²) in [5.41, 5.74) is -0.511. The molecule has 0 aromatic heterocycles. The molecule has 0 saturated heterocycles. The third-order valence-electron chi connectivity index (χ3n) is 5.03. The summed E-state index contributed by atoms with van der Waals surface area (Å²) in [5.74, 6) is -3.98.